The van der Waals surface area contributed by atoms with E-state index in [-0.39, 0.29) is 5.91 Å². The highest BCUT2D eigenvalue weighted by atomic mass is 79.9. The lowest BCUT2D eigenvalue weighted by Crippen LogP contribution is -2.21. The minimum absolute atomic E-state index is 0.0909. The molecular formula is C16H17BrN2O2. The summed E-state index contributed by atoms with van der Waals surface area (Å²) >= 11 is 3.45. The molecule has 0 radical (unpaired) electrons. The molecule has 0 aliphatic heterocycles. The number of carbonyl (C=O) groups excluding carboxylic acids is 1. The zero-order valence-corrected chi connectivity index (χ0v) is 13.8. The van der Waals surface area contributed by atoms with E-state index in [1.165, 1.54) is 4.90 Å². The van der Waals surface area contributed by atoms with Gasteiger partial charge in [0.05, 0.1) is 5.69 Å². The largest absolute Gasteiger partial charge is 0.455 e. The molecular weight excluding hydrogens is 332 g/mol. The van der Waals surface area contributed by atoms with Crippen LogP contribution in [0, 0.1) is 6.92 Å². The van der Waals surface area contributed by atoms with Crippen LogP contribution >= 0.6 is 15.9 Å². The molecule has 0 aliphatic carbocycles. The van der Waals surface area contributed by atoms with E-state index >= 15 is 0 Å². The third kappa shape index (κ3) is 3.55. The van der Waals surface area contributed by atoms with Gasteiger partial charge in [-0.15, -0.1) is 0 Å². The normalized spacial score (nSPS) is 10.3. The van der Waals surface area contributed by atoms with Gasteiger partial charge in [-0.3, -0.25) is 4.79 Å². The smallest absolute Gasteiger partial charge is 0.253 e. The first-order chi connectivity index (χ1) is 9.88. The number of rotatable bonds is 3. The summed E-state index contributed by atoms with van der Waals surface area (Å²) in [5.41, 5.74) is 8.02. The lowest BCUT2D eigenvalue weighted by atomic mass is 10.1. The molecule has 0 saturated heterocycles. The highest BCUT2D eigenvalue weighted by Crippen LogP contribution is 2.30. The molecule has 1 amide bonds. The highest BCUT2D eigenvalue weighted by molar-refractivity contribution is 9.10. The van der Waals surface area contributed by atoms with E-state index in [4.69, 9.17) is 10.5 Å². The molecule has 110 valence electrons. The maximum Gasteiger partial charge on any atom is 0.253 e. The van der Waals surface area contributed by atoms with Crippen LogP contribution in [0.3, 0.4) is 0 Å². The van der Waals surface area contributed by atoms with Crippen molar-refractivity contribution in [3.8, 4) is 11.5 Å². The van der Waals surface area contributed by atoms with Gasteiger partial charge >= 0.3 is 0 Å². The van der Waals surface area contributed by atoms with Crippen molar-refractivity contribution < 1.29 is 9.53 Å². The van der Waals surface area contributed by atoms with Crippen LogP contribution in [0.5, 0.6) is 11.5 Å². The molecule has 2 aromatic carbocycles. The Bertz CT molecular complexity index is 684. The first-order valence-corrected chi connectivity index (χ1v) is 7.23. The number of nitrogens with zero attached hydrogens (tertiary/aromatic N) is 1. The Labute approximate surface area is 132 Å². The number of carbonyl (C=O) groups is 1. The molecule has 0 aromatic heterocycles. The number of amides is 1. The summed E-state index contributed by atoms with van der Waals surface area (Å²) in [6.07, 6.45) is 0. The van der Waals surface area contributed by atoms with Crippen molar-refractivity contribution >= 4 is 27.5 Å². The van der Waals surface area contributed by atoms with Gasteiger partial charge in [0.1, 0.15) is 5.75 Å². The van der Waals surface area contributed by atoms with Crippen LogP contribution in [0.25, 0.3) is 0 Å². The van der Waals surface area contributed by atoms with Crippen LogP contribution in [0.15, 0.2) is 40.9 Å². The quantitative estimate of drug-likeness (QED) is 0.857. The minimum Gasteiger partial charge on any atom is -0.455 e. The Morgan fingerprint density at radius 2 is 1.90 bits per heavy atom. The van der Waals surface area contributed by atoms with Crippen LogP contribution in [0.4, 0.5) is 5.69 Å². The second-order valence-corrected chi connectivity index (χ2v) is 5.82. The van der Waals surface area contributed by atoms with Crippen molar-refractivity contribution in [2.24, 2.45) is 0 Å². The SMILES string of the molecule is Cc1cc(Oc2cc(C(=O)N(C)C)ccc2N)ccc1Br. The monoisotopic (exact) mass is 348 g/mol. The molecule has 0 unspecified atom stereocenters. The summed E-state index contributed by atoms with van der Waals surface area (Å²) in [6, 6.07) is 10.7. The van der Waals surface area contributed by atoms with Gasteiger partial charge in [0.25, 0.3) is 5.91 Å². The number of aryl methyl sites for hydroxylation is 1. The van der Waals surface area contributed by atoms with Crippen molar-refractivity contribution in [3.05, 3.63) is 52.0 Å². The Morgan fingerprint density at radius 3 is 2.52 bits per heavy atom. The molecule has 21 heavy (non-hydrogen) atoms. The molecule has 0 spiro atoms. The number of benzene rings is 2. The second-order valence-electron chi connectivity index (χ2n) is 4.97. The second kappa shape index (κ2) is 6.18. The number of ether oxygens (including phenoxy) is 1. The average molecular weight is 349 g/mol. The molecule has 2 aromatic rings. The fraction of sp³-hybridized carbons (Fsp3) is 0.188. The van der Waals surface area contributed by atoms with Gasteiger partial charge in [0.2, 0.25) is 0 Å². The molecule has 0 bridgehead atoms. The zero-order chi connectivity index (χ0) is 15.6. The summed E-state index contributed by atoms with van der Waals surface area (Å²) in [5, 5.41) is 0. The summed E-state index contributed by atoms with van der Waals surface area (Å²) in [4.78, 5) is 13.5. The average Bonchev–Trinajstić information content (AvgIpc) is 2.44. The van der Waals surface area contributed by atoms with Gasteiger partial charge in [-0.05, 0) is 48.9 Å². The van der Waals surface area contributed by atoms with Gasteiger partial charge < -0.3 is 15.4 Å². The minimum atomic E-state index is -0.0909. The molecule has 0 saturated carbocycles. The topological polar surface area (TPSA) is 55.6 Å². The number of nitrogen functional groups attached to an aromatic ring is 1. The summed E-state index contributed by atoms with van der Waals surface area (Å²) in [6.45, 7) is 1.98. The van der Waals surface area contributed by atoms with E-state index < -0.39 is 0 Å². The first-order valence-electron chi connectivity index (χ1n) is 6.43. The molecule has 2 N–H and O–H groups in total. The zero-order valence-electron chi connectivity index (χ0n) is 12.2. The van der Waals surface area contributed by atoms with E-state index in [2.05, 4.69) is 15.9 Å². The van der Waals surface area contributed by atoms with Crippen LogP contribution in [0.2, 0.25) is 0 Å². The number of nitrogens with two attached hydrogens (primary N) is 1. The molecule has 5 heteroatoms. The maximum atomic E-state index is 12.0. The molecule has 4 nitrogen and oxygen atoms in total. The summed E-state index contributed by atoms with van der Waals surface area (Å²) < 4.78 is 6.81. The molecule has 2 rings (SSSR count). The Morgan fingerprint density at radius 1 is 1.19 bits per heavy atom. The van der Waals surface area contributed by atoms with Crippen molar-refractivity contribution in [2.75, 3.05) is 19.8 Å². The molecule has 0 fully saturated rings. The fourth-order valence-corrected chi connectivity index (χ4v) is 2.07. The Balaban J connectivity index is 2.32. The third-order valence-corrected chi connectivity index (χ3v) is 3.91. The van der Waals surface area contributed by atoms with Crippen molar-refractivity contribution in [3.63, 3.8) is 0 Å². The predicted molar refractivity (Wildman–Crippen MR) is 87.8 cm³/mol. The molecule has 0 heterocycles. The van der Waals surface area contributed by atoms with Crippen LogP contribution < -0.4 is 10.5 Å². The van der Waals surface area contributed by atoms with Crippen LogP contribution in [-0.2, 0) is 0 Å². The fourth-order valence-electron chi connectivity index (χ4n) is 1.82. The standard InChI is InChI=1S/C16H17BrN2O2/c1-10-8-12(5-6-13(10)17)21-15-9-11(4-7-14(15)18)16(20)19(2)3/h4-9H,18H2,1-3H3. The number of hydrogen-bond acceptors (Lipinski definition) is 3. The highest BCUT2D eigenvalue weighted by Gasteiger charge is 2.12. The molecule has 0 atom stereocenters. The van der Waals surface area contributed by atoms with E-state index in [0.29, 0.717) is 22.7 Å². The van der Waals surface area contributed by atoms with Crippen molar-refractivity contribution in [1.29, 1.82) is 0 Å². The van der Waals surface area contributed by atoms with Gasteiger partial charge in [-0.25, -0.2) is 0 Å². The van der Waals surface area contributed by atoms with E-state index in [1.54, 1.807) is 32.3 Å². The van der Waals surface area contributed by atoms with E-state index in [0.717, 1.165) is 10.0 Å². The lowest BCUT2D eigenvalue weighted by Gasteiger charge is -2.13. The maximum absolute atomic E-state index is 12.0. The van der Waals surface area contributed by atoms with E-state index in [9.17, 15) is 4.79 Å². The van der Waals surface area contributed by atoms with Gasteiger partial charge in [-0.2, -0.15) is 0 Å². The van der Waals surface area contributed by atoms with Gasteiger partial charge in [0.15, 0.2) is 5.75 Å². The number of hydrogen-bond donors (Lipinski definition) is 1. The summed E-state index contributed by atoms with van der Waals surface area (Å²) in [5.74, 6) is 1.06. The molecule has 0 aliphatic rings. The first kappa shape index (κ1) is 15.4. The third-order valence-electron chi connectivity index (χ3n) is 3.02. The predicted octanol–water partition coefficient (Wildman–Crippen LogP) is 3.83. The van der Waals surface area contributed by atoms with Crippen molar-refractivity contribution in [1.82, 2.24) is 4.90 Å². The van der Waals surface area contributed by atoms with Gasteiger partial charge in [-0.1, -0.05) is 15.9 Å². The van der Waals surface area contributed by atoms with E-state index in [1.807, 2.05) is 25.1 Å². The number of anilines is 1. The van der Waals surface area contributed by atoms with Crippen molar-refractivity contribution in [2.45, 2.75) is 6.92 Å². The summed E-state index contributed by atoms with van der Waals surface area (Å²) in [7, 11) is 3.41. The Hall–Kier alpha value is -2.01. The Kier molecular flexibility index (Phi) is 4.53. The number of halogens is 1. The van der Waals surface area contributed by atoms with Crippen LogP contribution in [0.1, 0.15) is 15.9 Å². The lowest BCUT2D eigenvalue weighted by molar-refractivity contribution is 0.0827. The van der Waals surface area contributed by atoms with Gasteiger partial charge in [0, 0.05) is 24.1 Å². The van der Waals surface area contributed by atoms with Crippen LogP contribution in [-0.4, -0.2) is 24.9 Å².